The number of nitrogens with zero attached hydrogens (tertiary/aromatic N) is 1. The van der Waals surface area contributed by atoms with Gasteiger partial charge in [-0.05, 0) is 43.3 Å². The smallest absolute Gasteiger partial charge is 0.234 e. The van der Waals surface area contributed by atoms with Crippen LogP contribution in [0.4, 0.5) is 5.69 Å². The lowest BCUT2D eigenvalue weighted by molar-refractivity contribution is -0.113. The van der Waals surface area contributed by atoms with E-state index in [1.54, 1.807) is 55.6 Å². The number of aromatic nitrogens is 2. The molecule has 0 radical (unpaired) electrons. The standard InChI is InChI=1S/C25H23N3O4S2/c1-17-8-14-21(15-9-17)34(30,31)25-24(27-23(28-25)18-6-4-3-5-7-18)33-16-22(29)26-19-10-12-20(32-2)13-11-19/h3-15H,16H2,1-2H3,(H,26,29)(H,27,28). The Bertz CT molecular complexity index is 1380. The summed E-state index contributed by atoms with van der Waals surface area (Å²) < 4.78 is 31.9. The number of amides is 1. The van der Waals surface area contributed by atoms with E-state index in [0.717, 1.165) is 22.9 Å². The highest BCUT2D eigenvalue weighted by atomic mass is 32.2. The number of aromatic amines is 1. The van der Waals surface area contributed by atoms with Crippen molar-refractivity contribution in [2.45, 2.75) is 21.9 Å². The molecule has 34 heavy (non-hydrogen) atoms. The zero-order valence-electron chi connectivity index (χ0n) is 18.6. The average molecular weight is 494 g/mol. The molecule has 0 spiro atoms. The van der Waals surface area contributed by atoms with Crippen molar-refractivity contribution in [2.24, 2.45) is 0 Å². The fourth-order valence-electron chi connectivity index (χ4n) is 3.19. The van der Waals surface area contributed by atoms with Crippen molar-refractivity contribution in [2.75, 3.05) is 18.2 Å². The van der Waals surface area contributed by atoms with Gasteiger partial charge in [-0.2, -0.15) is 0 Å². The van der Waals surface area contributed by atoms with Crippen LogP contribution in [0.25, 0.3) is 11.4 Å². The molecule has 7 nitrogen and oxygen atoms in total. The predicted octanol–water partition coefficient (Wildman–Crippen LogP) is 4.96. The minimum Gasteiger partial charge on any atom is -0.497 e. The highest BCUT2D eigenvalue weighted by Crippen LogP contribution is 2.32. The fraction of sp³-hybridized carbons (Fsp3) is 0.120. The Hall–Kier alpha value is -3.56. The van der Waals surface area contributed by atoms with E-state index in [1.165, 1.54) is 0 Å². The van der Waals surface area contributed by atoms with E-state index in [-0.39, 0.29) is 26.6 Å². The Kier molecular flexibility index (Phi) is 7.04. The number of H-pyrrole nitrogens is 1. The number of rotatable bonds is 8. The van der Waals surface area contributed by atoms with Crippen LogP contribution < -0.4 is 10.1 Å². The van der Waals surface area contributed by atoms with Gasteiger partial charge in [-0.1, -0.05) is 59.8 Å². The molecule has 1 amide bonds. The van der Waals surface area contributed by atoms with Crippen LogP contribution in [0.2, 0.25) is 0 Å². The number of hydrogen-bond donors (Lipinski definition) is 2. The van der Waals surface area contributed by atoms with Crippen molar-refractivity contribution in [3.8, 4) is 17.1 Å². The van der Waals surface area contributed by atoms with Crippen molar-refractivity contribution < 1.29 is 17.9 Å². The number of anilines is 1. The van der Waals surface area contributed by atoms with Crippen LogP contribution in [-0.2, 0) is 14.6 Å². The maximum absolute atomic E-state index is 13.4. The number of benzene rings is 3. The molecule has 2 N–H and O–H groups in total. The largest absolute Gasteiger partial charge is 0.497 e. The summed E-state index contributed by atoms with van der Waals surface area (Å²) in [4.78, 5) is 20.2. The van der Waals surface area contributed by atoms with E-state index in [2.05, 4.69) is 15.3 Å². The number of ether oxygens (including phenoxy) is 1. The lowest BCUT2D eigenvalue weighted by Crippen LogP contribution is -2.14. The summed E-state index contributed by atoms with van der Waals surface area (Å²) in [6.45, 7) is 1.89. The highest BCUT2D eigenvalue weighted by molar-refractivity contribution is 8.00. The molecule has 0 unspecified atom stereocenters. The molecule has 4 rings (SSSR count). The SMILES string of the molecule is COc1ccc(NC(=O)CSc2nc(-c3ccccc3)[nH]c2S(=O)(=O)c2ccc(C)cc2)cc1. The summed E-state index contributed by atoms with van der Waals surface area (Å²) in [6.07, 6.45) is 0. The maximum Gasteiger partial charge on any atom is 0.234 e. The lowest BCUT2D eigenvalue weighted by atomic mass is 10.2. The number of methoxy groups -OCH3 is 1. The summed E-state index contributed by atoms with van der Waals surface area (Å²) in [5, 5.41) is 3.01. The Morgan fingerprint density at radius 3 is 2.32 bits per heavy atom. The third-order valence-corrected chi connectivity index (χ3v) is 7.83. The molecule has 0 aliphatic rings. The molecule has 0 aliphatic carbocycles. The quantitative estimate of drug-likeness (QED) is 0.337. The van der Waals surface area contributed by atoms with Gasteiger partial charge in [-0.3, -0.25) is 4.79 Å². The molecule has 174 valence electrons. The Morgan fingerprint density at radius 2 is 1.68 bits per heavy atom. The van der Waals surface area contributed by atoms with Gasteiger partial charge < -0.3 is 15.0 Å². The molecule has 0 saturated heterocycles. The Balaban J connectivity index is 1.60. The van der Waals surface area contributed by atoms with Gasteiger partial charge in [0.05, 0.1) is 17.8 Å². The van der Waals surface area contributed by atoms with E-state index in [9.17, 15) is 13.2 Å². The number of nitrogens with one attached hydrogen (secondary N) is 2. The number of thioether (sulfide) groups is 1. The number of imidazole rings is 1. The van der Waals surface area contributed by atoms with Gasteiger partial charge in [-0.15, -0.1) is 0 Å². The molecule has 0 bridgehead atoms. The third kappa shape index (κ3) is 5.32. The molecule has 0 atom stereocenters. The summed E-state index contributed by atoms with van der Waals surface area (Å²) in [5.41, 5.74) is 2.32. The molecule has 4 aromatic rings. The first kappa shape index (κ1) is 23.6. The highest BCUT2D eigenvalue weighted by Gasteiger charge is 2.26. The van der Waals surface area contributed by atoms with Crippen molar-refractivity contribution in [3.63, 3.8) is 0 Å². The van der Waals surface area contributed by atoms with Gasteiger partial charge in [0.15, 0.2) is 5.03 Å². The normalized spacial score (nSPS) is 11.2. The molecular weight excluding hydrogens is 470 g/mol. The van der Waals surface area contributed by atoms with E-state index < -0.39 is 9.84 Å². The van der Waals surface area contributed by atoms with E-state index >= 15 is 0 Å². The second-order valence-corrected chi connectivity index (χ2v) is 10.3. The second-order valence-electron chi connectivity index (χ2n) is 7.47. The molecular formula is C25H23N3O4S2. The Labute approximate surface area is 202 Å². The molecule has 1 heterocycles. The van der Waals surface area contributed by atoms with Gasteiger partial charge in [0.2, 0.25) is 15.7 Å². The topological polar surface area (TPSA) is 101 Å². The first-order valence-corrected chi connectivity index (χ1v) is 12.9. The zero-order chi connectivity index (χ0) is 24.1. The number of aryl methyl sites for hydroxylation is 1. The molecule has 3 aromatic carbocycles. The van der Waals surface area contributed by atoms with Crippen LogP contribution >= 0.6 is 11.8 Å². The molecule has 1 aromatic heterocycles. The summed E-state index contributed by atoms with van der Waals surface area (Å²) in [7, 11) is -2.30. The van der Waals surface area contributed by atoms with Crippen molar-refractivity contribution >= 4 is 33.2 Å². The van der Waals surface area contributed by atoms with Gasteiger partial charge in [0.1, 0.15) is 16.6 Å². The minimum absolute atomic E-state index is 0.0124. The molecule has 0 fully saturated rings. The summed E-state index contributed by atoms with van der Waals surface area (Å²) >= 11 is 1.06. The Morgan fingerprint density at radius 1 is 1.00 bits per heavy atom. The van der Waals surface area contributed by atoms with Gasteiger partial charge in [0.25, 0.3) is 0 Å². The van der Waals surface area contributed by atoms with E-state index in [4.69, 9.17) is 4.74 Å². The maximum atomic E-state index is 13.4. The number of carbonyl (C=O) groups is 1. The summed E-state index contributed by atoms with van der Waals surface area (Å²) in [6, 6.07) is 22.8. The van der Waals surface area contributed by atoms with Crippen LogP contribution in [0.5, 0.6) is 5.75 Å². The van der Waals surface area contributed by atoms with E-state index in [1.807, 2.05) is 37.3 Å². The fourth-order valence-corrected chi connectivity index (χ4v) is 5.62. The van der Waals surface area contributed by atoms with Crippen LogP contribution in [-0.4, -0.2) is 37.2 Å². The van der Waals surface area contributed by atoms with Crippen LogP contribution in [0.3, 0.4) is 0 Å². The lowest BCUT2D eigenvalue weighted by Gasteiger charge is -2.07. The van der Waals surface area contributed by atoms with Crippen molar-refractivity contribution in [3.05, 3.63) is 84.4 Å². The van der Waals surface area contributed by atoms with Gasteiger partial charge in [-0.25, -0.2) is 13.4 Å². The summed E-state index contributed by atoms with van der Waals surface area (Å²) in [5.74, 6) is 0.812. The predicted molar refractivity (Wildman–Crippen MR) is 133 cm³/mol. The molecule has 9 heteroatoms. The first-order valence-electron chi connectivity index (χ1n) is 10.4. The monoisotopic (exact) mass is 493 g/mol. The van der Waals surface area contributed by atoms with Crippen molar-refractivity contribution in [1.82, 2.24) is 9.97 Å². The number of carbonyl (C=O) groups excluding carboxylic acids is 1. The van der Waals surface area contributed by atoms with Crippen LogP contribution in [0, 0.1) is 6.92 Å². The van der Waals surface area contributed by atoms with Crippen LogP contribution in [0.1, 0.15) is 5.56 Å². The van der Waals surface area contributed by atoms with Crippen LogP contribution in [0.15, 0.2) is 93.8 Å². The minimum atomic E-state index is -3.87. The van der Waals surface area contributed by atoms with E-state index in [0.29, 0.717) is 17.3 Å². The molecule has 0 saturated carbocycles. The van der Waals surface area contributed by atoms with Crippen molar-refractivity contribution in [1.29, 1.82) is 0 Å². The van der Waals surface area contributed by atoms with Gasteiger partial charge >= 0.3 is 0 Å². The number of sulfone groups is 1. The average Bonchev–Trinajstić information content (AvgIpc) is 3.29. The third-order valence-electron chi connectivity index (χ3n) is 5.00. The first-order chi connectivity index (χ1) is 16.4. The number of hydrogen-bond acceptors (Lipinski definition) is 6. The van der Waals surface area contributed by atoms with Gasteiger partial charge in [0, 0.05) is 11.3 Å². The molecule has 0 aliphatic heterocycles. The second kappa shape index (κ2) is 10.1. The zero-order valence-corrected chi connectivity index (χ0v) is 20.2.